The number of amides is 1. The Bertz CT molecular complexity index is 1530. The van der Waals surface area contributed by atoms with Crippen LogP contribution in [0.3, 0.4) is 0 Å². The van der Waals surface area contributed by atoms with Crippen molar-refractivity contribution < 1.29 is 27.1 Å². The predicted molar refractivity (Wildman–Crippen MR) is 154 cm³/mol. The third-order valence-electron chi connectivity index (χ3n) is 8.23. The Labute approximate surface area is 245 Å². The number of benzene rings is 1. The molecule has 10 nitrogen and oxygen atoms in total. The summed E-state index contributed by atoms with van der Waals surface area (Å²) in [5.41, 5.74) is -2.34. The Balaban J connectivity index is 1.54. The second-order valence-corrected chi connectivity index (χ2v) is 11.1. The molecule has 3 atom stereocenters. The van der Waals surface area contributed by atoms with E-state index >= 15 is 4.39 Å². The van der Waals surface area contributed by atoms with Crippen LogP contribution in [-0.4, -0.2) is 84.3 Å². The average Bonchev–Trinajstić information content (AvgIpc) is 3.51. The van der Waals surface area contributed by atoms with E-state index in [2.05, 4.69) is 25.2 Å². The van der Waals surface area contributed by atoms with Gasteiger partial charge in [0.15, 0.2) is 0 Å². The smallest absolute Gasteiger partial charge is 0.379 e. The summed E-state index contributed by atoms with van der Waals surface area (Å²) in [5.74, 6) is -1.28. The van der Waals surface area contributed by atoms with Crippen LogP contribution in [-0.2, 0) is 10.9 Å². The molecule has 5 rings (SSSR count). The van der Waals surface area contributed by atoms with Gasteiger partial charge in [0.2, 0.25) is 11.5 Å². The highest BCUT2D eigenvalue weighted by Gasteiger charge is 2.36. The van der Waals surface area contributed by atoms with Gasteiger partial charge in [-0.2, -0.15) is 13.2 Å². The molecule has 0 saturated carbocycles. The van der Waals surface area contributed by atoms with Crippen LogP contribution >= 0.6 is 0 Å². The number of H-pyrrole nitrogens is 1. The molecule has 0 aliphatic carbocycles. The van der Waals surface area contributed by atoms with Gasteiger partial charge in [-0.1, -0.05) is 0 Å². The monoisotopic (exact) mass is 603 g/mol. The molecule has 2 aromatic heterocycles. The number of pyridine rings is 1. The van der Waals surface area contributed by atoms with Crippen LogP contribution in [0.15, 0.2) is 41.6 Å². The van der Waals surface area contributed by atoms with Gasteiger partial charge in [-0.15, -0.1) is 0 Å². The molecule has 2 aliphatic rings. The second kappa shape index (κ2) is 11.9. The highest BCUT2D eigenvalue weighted by atomic mass is 19.4. The summed E-state index contributed by atoms with van der Waals surface area (Å²) < 4.78 is 62.4. The van der Waals surface area contributed by atoms with E-state index < -0.39 is 34.6 Å². The van der Waals surface area contributed by atoms with E-state index in [9.17, 15) is 22.8 Å². The average molecular weight is 604 g/mol. The van der Waals surface area contributed by atoms with Gasteiger partial charge in [0.05, 0.1) is 35.2 Å². The van der Waals surface area contributed by atoms with Gasteiger partial charge in [0.1, 0.15) is 5.82 Å². The molecular formula is C29H33F4N7O3. The summed E-state index contributed by atoms with van der Waals surface area (Å²) in [7, 11) is 3.83. The van der Waals surface area contributed by atoms with Gasteiger partial charge in [0, 0.05) is 74.6 Å². The van der Waals surface area contributed by atoms with Crippen LogP contribution in [0.5, 0.6) is 0 Å². The number of carbonyl (C=O) groups excluding carboxylic acids is 1. The van der Waals surface area contributed by atoms with E-state index in [0.717, 1.165) is 12.6 Å². The Morgan fingerprint density at radius 3 is 2.42 bits per heavy atom. The van der Waals surface area contributed by atoms with Crippen LogP contribution in [0.25, 0.3) is 11.1 Å². The SMILES string of the molecule is C[C@@H]1CN(c2cc(F)c(-c3cnc(N(C)[C@H]4CCOC4)nc3)cc2NC(=O)c2c[nH]c(=O)cc2C(F)(F)F)C[C@H](C)N1C. The lowest BCUT2D eigenvalue weighted by Gasteiger charge is -2.44. The van der Waals surface area contributed by atoms with Gasteiger partial charge < -0.3 is 24.8 Å². The number of hydrogen-bond donors (Lipinski definition) is 2. The van der Waals surface area contributed by atoms with Crippen LogP contribution in [0, 0.1) is 5.82 Å². The number of halogens is 4. The fourth-order valence-electron chi connectivity index (χ4n) is 5.46. The van der Waals surface area contributed by atoms with Crippen molar-refractivity contribution in [1.82, 2.24) is 19.9 Å². The van der Waals surface area contributed by atoms with E-state index in [-0.39, 0.29) is 29.4 Å². The summed E-state index contributed by atoms with van der Waals surface area (Å²) >= 11 is 0. The number of nitrogens with zero attached hydrogens (tertiary/aromatic N) is 5. The van der Waals surface area contributed by atoms with Crippen molar-refractivity contribution >= 4 is 23.2 Å². The van der Waals surface area contributed by atoms with Crippen molar-refractivity contribution in [2.75, 3.05) is 55.5 Å². The van der Waals surface area contributed by atoms with Crippen molar-refractivity contribution in [2.24, 2.45) is 0 Å². The second-order valence-electron chi connectivity index (χ2n) is 11.1. The van der Waals surface area contributed by atoms with E-state index in [4.69, 9.17) is 4.74 Å². The van der Waals surface area contributed by atoms with Crippen LogP contribution < -0.4 is 20.7 Å². The fourth-order valence-corrected chi connectivity index (χ4v) is 5.46. The topological polar surface area (TPSA) is 107 Å². The molecule has 1 amide bonds. The maximum absolute atomic E-state index is 15.8. The van der Waals surface area contributed by atoms with E-state index in [1.165, 1.54) is 24.5 Å². The van der Waals surface area contributed by atoms with Gasteiger partial charge in [-0.05, 0) is 39.4 Å². The maximum Gasteiger partial charge on any atom is 0.417 e. The first-order valence-corrected chi connectivity index (χ1v) is 13.9. The Hall–Kier alpha value is -4.04. The molecule has 0 radical (unpaired) electrons. The van der Waals surface area contributed by atoms with Crippen LogP contribution in [0.4, 0.5) is 34.9 Å². The number of carbonyl (C=O) groups is 1. The zero-order chi connectivity index (χ0) is 31.1. The number of ether oxygens (including phenoxy) is 1. The van der Waals surface area contributed by atoms with Crippen molar-refractivity contribution in [3.05, 3.63) is 64.1 Å². The molecule has 2 saturated heterocycles. The molecule has 2 aliphatic heterocycles. The number of alkyl halides is 3. The van der Waals surface area contributed by atoms with Crippen LogP contribution in [0.1, 0.15) is 36.2 Å². The zero-order valence-corrected chi connectivity index (χ0v) is 24.2. The summed E-state index contributed by atoms with van der Waals surface area (Å²) in [6.45, 7) is 6.20. The summed E-state index contributed by atoms with van der Waals surface area (Å²) in [6.07, 6.45) is -0.473. The number of piperazine rings is 1. The minimum absolute atomic E-state index is 0.0604. The Kier molecular flexibility index (Phi) is 8.43. The number of aromatic nitrogens is 3. The lowest BCUT2D eigenvalue weighted by Crippen LogP contribution is -2.55. The zero-order valence-electron chi connectivity index (χ0n) is 24.2. The van der Waals surface area contributed by atoms with Gasteiger partial charge in [-0.3, -0.25) is 14.5 Å². The first-order valence-electron chi connectivity index (χ1n) is 13.9. The minimum Gasteiger partial charge on any atom is -0.379 e. The maximum atomic E-state index is 15.8. The lowest BCUT2D eigenvalue weighted by atomic mass is 10.0. The normalized spacial score (nSPS) is 21.2. The summed E-state index contributed by atoms with van der Waals surface area (Å²) in [5, 5.41) is 2.56. The molecule has 0 spiro atoms. The molecule has 43 heavy (non-hydrogen) atoms. The van der Waals surface area contributed by atoms with Gasteiger partial charge >= 0.3 is 6.18 Å². The molecule has 0 unspecified atom stereocenters. The molecule has 2 N–H and O–H groups in total. The molecular weight excluding hydrogens is 570 g/mol. The third kappa shape index (κ3) is 6.34. The number of rotatable bonds is 6. The first-order chi connectivity index (χ1) is 20.3. The fraction of sp³-hybridized carbons (Fsp3) is 0.448. The third-order valence-corrected chi connectivity index (χ3v) is 8.23. The molecule has 3 aromatic rings. The Morgan fingerprint density at radius 2 is 1.81 bits per heavy atom. The number of aromatic amines is 1. The molecule has 2 fully saturated rings. The van der Waals surface area contributed by atoms with Crippen LogP contribution in [0.2, 0.25) is 0 Å². The minimum atomic E-state index is -4.95. The molecule has 230 valence electrons. The molecule has 4 heterocycles. The quantitative estimate of drug-likeness (QED) is 0.408. The largest absolute Gasteiger partial charge is 0.417 e. The highest BCUT2D eigenvalue weighted by molar-refractivity contribution is 6.07. The standard InChI is InChI=1S/C29H33F4N7O3/c1-16-13-40(14-17(2)38(16)3)25-9-23(30)20(18-10-35-28(36-11-18)39(4)19-5-6-43-15-19)7-24(25)37-27(42)21-12-34-26(41)8-22(21)29(31,32)33/h7-12,16-17,19H,5-6,13-15H2,1-4H3,(H,34,41)(H,37,42)/t16-,17+,19-/m0/s1. The van der Waals surface area contributed by atoms with E-state index in [0.29, 0.717) is 49.6 Å². The Morgan fingerprint density at radius 1 is 1.14 bits per heavy atom. The number of hydrogen-bond acceptors (Lipinski definition) is 8. The van der Waals surface area contributed by atoms with Crippen molar-refractivity contribution in [3.63, 3.8) is 0 Å². The van der Waals surface area contributed by atoms with E-state index in [1.807, 2.05) is 37.7 Å². The lowest BCUT2D eigenvalue weighted by molar-refractivity contribution is -0.138. The molecule has 1 aromatic carbocycles. The van der Waals surface area contributed by atoms with Crippen molar-refractivity contribution in [2.45, 2.75) is 44.6 Å². The van der Waals surface area contributed by atoms with Gasteiger partial charge in [-0.25, -0.2) is 14.4 Å². The molecule has 0 bridgehead atoms. The van der Waals surface area contributed by atoms with Gasteiger partial charge in [0.25, 0.3) is 5.91 Å². The number of nitrogens with one attached hydrogen (secondary N) is 2. The predicted octanol–water partition coefficient (Wildman–Crippen LogP) is 4.00. The highest BCUT2D eigenvalue weighted by Crippen LogP contribution is 2.37. The summed E-state index contributed by atoms with van der Waals surface area (Å²) in [4.78, 5) is 41.8. The van der Waals surface area contributed by atoms with E-state index in [1.54, 1.807) is 0 Å². The number of likely N-dealkylation sites (N-methyl/N-ethyl adjacent to an activating group) is 2. The van der Waals surface area contributed by atoms with Crippen molar-refractivity contribution in [3.8, 4) is 11.1 Å². The first kappa shape index (κ1) is 30.4. The number of anilines is 3. The molecule has 14 heteroatoms. The van der Waals surface area contributed by atoms with Crippen molar-refractivity contribution in [1.29, 1.82) is 0 Å². The summed E-state index contributed by atoms with van der Waals surface area (Å²) in [6, 6.07) is 3.25.